The Bertz CT molecular complexity index is 1070. The number of carbonyl (C=O) groups is 2. The molecule has 0 fully saturated rings. The Morgan fingerprint density at radius 1 is 0.660 bits per heavy atom. The molecule has 0 saturated carbocycles. The average Bonchev–Trinajstić information content (AvgIpc) is 3.08. The molecule has 3 atom stereocenters. The van der Waals surface area contributed by atoms with Gasteiger partial charge in [-0.25, -0.2) is 4.57 Å². The summed E-state index contributed by atoms with van der Waals surface area (Å²) < 4.78 is 26.1. The van der Waals surface area contributed by atoms with E-state index in [0.717, 1.165) is 57.3 Å². The monoisotopic (exact) mass is 722 g/mol. The SMILES string of the molecule is CC/C=C\C/C=C\C/C=C\C/C=C\C/C=C\C=C/C(O)CCC(=O)O[C@H](COC(=O)CCCCCCCCCCC(C)CC)COP(=O)(O)O. The molecule has 0 radical (unpaired) electrons. The minimum absolute atomic E-state index is 0.0873. The maximum absolute atomic E-state index is 12.4. The van der Waals surface area contributed by atoms with Gasteiger partial charge in [-0.05, 0) is 50.9 Å². The third-order valence-electron chi connectivity index (χ3n) is 7.90. The molecule has 10 heteroatoms. The number of aliphatic hydroxyl groups excluding tert-OH is 1. The van der Waals surface area contributed by atoms with Gasteiger partial charge in [0.2, 0.25) is 0 Å². The second-order valence-corrected chi connectivity index (χ2v) is 13.9. The molecule has 286 valence electrons. The van der Waals surface area contributed by atoms with Gasteiger partial charge < -0.3 is 24.4 Å². The molecule has 2 unspecified atom stereocenters. The molecule has 3 N–H and O–H groups in total. The van der Waals surface area contributed by atoms with Gasteiger partial charge in [-0.1, -0.05) is 151 Å². The molecule has 0 aromatic rings. The Hall–Kier alpha value is -2.55. The summed E-state index contributed by atoms with van der Waals surface area (Å²) in [5.41, 5.74) is 0. The summed E-state index contributed by atoms with van der Waals surface area (Å²) in [4.78, 5) is 42.7. The lowest BCUT2D eigenvalue weighted by atomic mass is 9.99. The minimum atomic E-state index is -4.82. The van der Waals surface area contributed by atoms with E-state index in [1.807, 2.05) is 12.2 Å². The minimum Gasteiger partial charge on any atom is -0.462 e. The maximum Gasteiger partial charge on any atom is 0.469 e. The van der Waals surface area contributed by atoms with Crippen molar-refractivity contribution in [3.05, 3.63) is 72.9 Å². The van der Waals surface area contributed by atoms with Gasteiger partial charge in [-0.2, -0.15) is 0 Å². The number of ether oxygens (including phenoxy) is 2. The summed E-state index contributed by atoms with van der Waals surface area (Å²) in [7, 11) is -4.82. The highest BCUT2D eigenvalue weighted by atomic mass is 31.2. The van der Waals surface area contributed by atoms with Crippen molar-refractivity contribution in [2.75, 3.05) is 13.2 Å². The lowest BCUT2D eigenvalue weighted by molar-refractivity contribution is -0.161. The van der Waals surface area contributed by atoms with E-state index < -0.39 is 38.6 Å². The molecule has 0 aromatic heterocycles. The Kier molecular flexibility index (Phi) is 31.9. The van der Waals surface area contributed by atoms with Crippen molar-refractivity contribution < 1.29 is 43.0 Å². The number of phosphoric acid groups is 1. The lowest BCUT2D eigenvalue weighted by Crippen LogP contribution is -2.29. The van der Waals surface area contributed by atoms with E-state index in [2.05, 4.69) is 73.9 Å². The molecule has 50 heavy (non-hydrogen) atoms. The van der Waals surface area contributed by atoms with Crippen LogP contribution in [0.2, 0.25) is 0 Å². The van der Waals surface area contributed by atoms with E-state index >= 15 is 0 Å². The summed E-state index contributed by atoms with van der Waals surface area (Å²) >= 11 is 0. The van der Waals surface area contributed by atoms with Crippen LogP contribution >= 0.6 is 7.82 Å². The second kappa shape index (κ2) is 33.6. The van der Waals surface area contributed by atoms with Crippen LogP contribution in [0.3, 0.4) is 0 Å². The highest BCUT2D eigenvalue weighted by Crippen LogP contribution is 2.36. The Morgan fingerprint density at radius 2 is 1.20 bits per heavy atom. The van der Waals surface area contributed by atoms with E-state index in [4.69, 9.17) is 19.3 Å². The number of hydrogen-bond donors (Lipinski definition) is 3. The third kappa shape index (κ3) is 35.3. The van der Waals surface area contributed by atoms with E-state index in [1.54, 1.807) is 12.2 Å². The van der Waals surface area contributed by atoms with Crippen molar-refractivity contribution in [3.8, 4) is 0 Å². The molecular weight excluding hydrogens is 655 g/mol. The topological polar surface area (TPSA) is 140 Å². The highest BCUT2D eigenvalue weighted by molar-refractivity contribution is 7.46. The lowest BCUT2D eigenvalue weighted by Gasteiger charge is -2.18. The number of allylic oxidation sites excluding steroid dienone is 11. The zero-order valence-electron chi connectivity index (χ0n) is 31.0. The fraction of sp³-hybridized carbons (Fsp3) is 0.650. The molecule has 0 aromatic carbocycles. The zero-order chi connectivity index (χ0) is 37.1. The van der Waals surface area contributed by atoms with Gasteiger partial charge in [0.05, 0.1) is 12.7 Å². The first-order valence-corrected chi connectivity index (χ1v) is 20.3. The van der Waals surface area contributed by atoms with Gasteiger partial charge in [0.1, 0.15) is 6.61 Å². The van der Waals surface area contributed by atoms with E-state index in [1.165, 1.54) is 38.5 Å². The van der Waals surface area contributed by atoms with Crippen LogP contribution in [0.15, 0.2) is 72.9 Å². The van der Waals surface area contributed by atoms with Gasteiger partial charge >= 0.3 is 19.8 Å². The molecule has 0 aliphatic carbocycles. The molecule has 0 bridgehead atoms. The summed E-state index contributed by atoms with van der Waals surface area (Å²) in [5.74, 6) is -0.366. The van der Waals surface area contributed by atoms with Crippen LogP contribution in [-0.2, 0) is 28.2 Å². The number of unbranched alkanes of at least 4 members (excludes halogenated alkanes) is 7. The van der Waals surface area contributed by atoms with Crippen LogP contribution in [0, 0.1) is 5.92 Å². The summed E-state index contributed by atoms with van der Waals surface area (Å²) in [6.07, 6.45) is 38.2. The van der Waals surface area contributed by atoms with Crippen LogP contribution in [-0.4, -0.2) is 52.3 Å². The average molecular weight is 723 g/mol. The Labute approximate surface area is 302 Å². The molecule has 0 amide bonds. The smallest absolute Gasteiger partial charge is 0.462 e. The van der Waals surface area contributed by atoms with Crippen LogP contribution in [0.4, 0.5) is 0 Å². The van der Waals surface area contributed by atoms with Crippen LogP contribution in [0.5, 0.6) is 0 Å². The number of rotatable bonds is 32. The summed E-state index contributed by atoms with van der Waals surface area (Å²) in [6.45, 7) is 5.65. The highest BCUT2D eigenvalue weighted by Gasteiger charge is 2.23. The fourth-order valence-electron chi connectivity index (χ4n) is 4.69. The van der Waals surface area contributed by atoms with Gasteiger partial charge in [0.15, 0.2) is 6.10 Å². The van der Waals surface area contributed by atoms with Gasteiger partial charge in [0.25, 0.3) is 0 Å². The van der Waals surface area contributed by atoms with E-state index in [-0.39, 0.29) is 25.9 Å². The molecular formula is C40H67O9P. The molecule has 0 spiro atoms. The number of carbonyl (C=O) groups excluding carboxylic acids is 2. The van der Waals surface area contributed by atoms with Crippen LogP contribution < -0.4 is 0 Å². The molecule has 0 aliphatic heterocycles. The predicted molar refractivity (Wildman–Crippen MR) is 203 cm³/mol. The first-order chi connectivity index (χ1) is 24.1. The quantitative estimate of drug-likeness (QED) is 0.0203. The Balaban J connectivity index is 4.27. The van der Waals surface area contributed by atoms with E-state index in [0.29, 0.717) is 6.42 Å². The Morgan fingerprint density at radius 3 is 1.76 bits per heavy atom. The summed E-state index contributed by atoms with van der Waals surface area (Å²) in [5, 5.41) is 10.2. The van der Waals surface area contributed by atoms with Crippen molar-refractivity contribution >= 4 is 19.8 Å². The van der Waals surface area contributed by atoms with Crippen molar-refractivity contribution in [2.45, 2.75) is 149 Å². The van der Waals surface area contributed by atoms with E-state index in [9.17, 15) is 19.3 Å². The van der Waals surface area contributed by atoms with Crippen molar-refractivity contribution in [3.63, 3.8) is 0 Å². The van der Waals surface area contributed by atoms with Gasteiger partial charge in [-0.3, -0.25) is 14.1 Å². The van der Waals surface area contributed by atoms with Crippen LogP contribution in [0.1, 0.15) is 136 Å². The number of hydrogen-bond acceptors (Lipinski definition) is 7. The van der Waals surface area contributed by atoms with Gasteiger partial charge in [0, 0.05) is 12.8 Å². The number of aliphatic hydroxyl groups is 1. The molecule has 0 aliphatic rings. The summed E-state index contributed by atoms with van der Waals surface area (Å²) in [6, 6.07) is 0. The van der Waals surface area contributed by atoms with Gasteiger partial charge in [-0.15, -0.1) is 0 Å². The van der Waals surface area contributed by atoms with Crippen LogP contribution in [0.25, 0.3) is 0 Å². The standard InChI is InChI=1S/C40H67O9P/c1-4-6-7-8-9-10-11-12-13-14-15-16-17-21-24-27-30-37(41)32-33-40(43)49-38(35-48-50(44,45)46)34-47-39(42)31-28-25-22-19-18-20-23-26-29-36(3)5-2/h6-7,9-10,12-13,15-16,21,24,27,30,36-38,41H,4-5,8,11,14,17-20,22-23,25-26,28-29,31-35H2,1-3H3,(H2,44,45,46)/b7-6-,10-9-,13-12-,16-15-,24-21-,30-27-/t36?,37?,38-/m1/s1. The molecule has 9 nitrogen and oxygen atoms in total. The normalized spacial score (nSPS) is 14.6. The second-order valence-electron chi connectivity index (χ2n) is 12.6. The first-order valence-electron chi connectivity index (χ1n) is 18.7. The fourth-order valence-corrected chi connectivity index (χ4v) is 5.05. The number of phosphoric ester groups is 1. The number of esters is 2. The maximum atomic E-state index is 12.4. The van der Waals surface area contributed by atoms with Crippen molar-refractivity contribution in [2.24, 2.45) is 5.92 Å². The first kappa shape index (κ1) is 47.4. The molecule has 0 rings (SSSR count). The molecule has 0 heterocycles. The molecule has 0 saturated heterocycles. The van der Waals surface area contributed by atoms with Crippen molar-refractivity contribution in [1.29, 1.82) is 0 Å². The van der Waals surface area contributed by atoms with Crippen molar-refractivity contribution in [1.82, 2.24) is 0 Å². The predicted octanol–water partition coefficient (Wildman–Crippen LogP) is 9.95. The zero-order valence-corrected chi connectivity index (χ0v) is 31.9. The largest absolute Gasteiger partial charge is 0.469 e. The third-order valence-corrected chi connectivity index (χ3v) is 8.38.